The van der Waals surface area contributed by atoms with Gasteiger partial charge in [0.2, 0.25) is 0 Å². The van der Waals surface area contributed by atoms with Crippen LogP contribution < -0.4 is 0 Å². The van der Waals surface area contributed by atoms with Gasteiger partial charge < -0.3 is 4.90 Å². The summed E-state index contributed by atoms with van der Waals surface area (Å²) in [4.78, 5) is 15.3. The lowest BCUT2D eigenvalue weighted by Gasteiger charge is -2.19. The molecule has 0 radical (unpaired) electrons. The fourth-order valence-corrected chi connectivity index (χ4v) is 4.00. The van der Waals surface area contributed by atoms with Crippen LogP contribution in [0.3, 0.4) is 0 Å². The molecule has 2 heterocycles. The minimum absolute atomic E-state index is 0.213. The third kappa shape index (κ3) is 3.15. The second-order valence-corrected chi connectivity index (χ2v) is 7.43. The van der Waals surface area contributed by atoms with Crippen molar-refractivity contribution >= 4 is 33.2 Å². The summed E-state index contributed by atoms with van der Waals surface area (Å²) < 4.78 is 1.08. The van der Waals surface area contributed by atoms with E-state index in [-0.39, 0.29) is 5.91 Å². The van der Waals surface area contributed by atoms with E-state index in [2.05, 4.69) is 22.9 Å². The van der Waals surface area contributed by atoms with E-state index in [9.17, 15) is 4.79 Å². The maximum Gasteiger partial charge on any atom is 0.263 e. The molecule has 100 valence electrons. The first kappa shape index (κ1) is 14.1. The number of hydrogen-bond donors (Lipinski definition) is 0. The van der Waals surface area contributed by atoms with Gasteiger partial charge >= 0.3 is 0 Å². The van der Waals surface area contributed by atoms with Crippen molar-refractivity contribution in [2.24, 2.45) is 5.92 Å². The third-order valence-corrected chi connectivity index (χ3v) is 5.90. The minimum atomic E-state index is 0.213. The van der Waals surface area contributed by atoms with Crippen LogP contribution in [0.2, 0.25) is 0 Å². The molecule has 0 saturated carbocycles. The number of likely N-dealkylation sites (tertiary alicyclic amines) is 1. The van der Waals surface area contributed by atoms with Crippen molar-refractivity contribution in [3.05, 3.63) is 20.3 Å². The van der Waals surface area contributed by atoms with E-state index in [1.807, 2.05) is 17.9 Å². The first-order valence-electron chi connectivity index (χ1n) is 6.67. The lowest BCUT2D eigenvalue weighted by molar-refractivity contribution is 0.0764. The van der Waals surface area contributed by atoms with Gasteiger partial charge in [0.1, 0.15) is 0 Å². The molecule has 0 N–H and O–H groups in total. The molecule has 0 spiro atoms. The van der Waals surface area contributed by atoms with E-state index in [0.29, 0.717) is 0 Å². The Balaban J connectivity index is 2.05. The molecule has 1 amide bonds. The molecule has 0 aromatic carbocycles. The molecule has 1 fully saturated rings. The molecule has 1 aliphatic rings. The Bertz CT molecular complexity index is 410. The Morgan fingerprint density at radius 2 is 2.28 bits per heavy atom. The van der Waals surface area contributed by atoms with E-state index < -0.39 is 0 Å². The maximum atomic E-state index is 12.4. The summed E-state index contributed by atoms with van der Waals surface area (Å²) in [6, 6.07) is 2.00. The van der Waals surface area contributed by atoms with E-state index in [1.54, 1.807) is 11.3 Å². The quantitative estimate of drug-likeness (QED) is 0.783. The zero-order valence-electron chi connectivity index (χ0n) is 11.0. The predicted molar refractivity (Wildman–Crippen MR) is 80.3 cm³/mol. The van der Waals surface area contributed by atoms with Crippen molar-refractivity contribution < 1.29 is 4.79 Å². The second kappa shape index (κ2) is 6.20. The summed E-state index contributed by atoms with van der Waals surface area (Å²) >= 11 is 5.05. The standard InChI is InChI=1S/C14H20BrNOS/c1-3-11-5-4-7-16(8-6-11)14(17)12-9-10(2)13(15)18-12/h9,11H,3-8H2,1-2H3. The van der Waals surface area contributed by atoms with Gasteiger partial charge in [0.15, 0.2) is 0 Å². The average molecular weight is 330 g/mol. The van der Waals surface area contributed by atoms with Gasteiger partial charge in [-0.25, -0.2) is 0 Å². The molecule has 1 aromatic heterocycles. The SMILES string of the molecule is CCC1CCCN(C(=O)c2cc(C)c(Br)s2)CC1. The molecule has 1 atom stereocenters. The van der Waals surface area contributed by atoms with E-state index in [4.69, 9.17) is 0 Å². The van der Waals surface area contributed by atoms with Gasteiger partial charge in [0.25, 0.3) is 5.91 Å². The van der Waals surface area contributed by atoms with Crippen molar-refractivity contribution in [2.75, 3.05) is 13.1 Å². The second-order valence-electron chi connectivity index (χ2n) is 5.06. The first-order valence-corrected chi connectivity index (χ1v) is 8.28. The fraction of sp³-hybridized carbons (Fsp3) is 0.643. The number of rotatable bonds is 2. The van der Waals surface area contributed by atoms with Crippen molar-refractivity contribution in [3.8, 4) is 0 Å². The Morgan fingerprint density at radius 1 is 1.50 bits per heavy atom. The van der Waals surface area contributed by atoms with Crippen LogP contribution in [0.1, 0.15) is 47.8 Å². The van der Waals surface area contributed by atoms with Gasteiger partial charge in [-0.3, -0.25) is 4.79 Å². The molecular formula is C14H20BrNOS. The molecule has 0 bridgehead atoms. The lowest BCUT2D eigenvalue weighted by atomic mass is 9.98. The number of thiophene rings is 1. The number of nitrogens with zero attached hydrogens (tertiary/aromatic N) is 1. The van der Waals surface area contributed by atoms with Gasteiger partial charge in [-0.1, -0.05) is 13.3 Å². The molecule has 2 rings (SSSR count). The van der Waals surface area contributed by atoms with E-state index >= 15 is 0 Å². The molecule has 0 aliphatic carbocycles. The number of amides is 1. The molecule has 2 nitrogen and oxygen atoms in total. The normalized spacial score (nSPS) is 20.8. The Labute approximate surface area is 122 Å². The number of aryl methyl sites for hydroxylation is 1. The van der Waals surface area contributed by atoms with Crippen molar-refractivity contribution in [1.29, 1.82) is 0 Å². The highest BCUT2D eigenvalue weighted by Crippen LogP contribution is 2.29. The molecular weight excluding hydrogens is 310 g/mol. The Kier molecular flexibility index (Phi) is 4.84. The van der Waals surface area contributed by atoms with Crippen molar-refractivity contribution in [2.45, 2.75) is 39.5 Å². The molecule has 4 heteroatoms. The van der Waals surface area contributed by atoms with E-state index in [1.165, 1.54) is 12.8 Å². The van der Waals surface area contributed by atoms with Gasteiger partial charge in [0.05, 0.1) is 8.66 Å². The van der Waals surface area contributed by atoms with Crippen LogP contribution in [0.5, 0.6) is 0 Å². The highest BCUT2D eigenvalue weighted by Gasteiger charge is 2.22. The Morgan fingerprint density at radius 3 is 2.89 bits per heavy atom. The van der Waals surface area contributed by atoms with Crippen LogP contribution in [-0.4, -0.2) is 23.9 Å². The van der Waals surface area contributed by atoms with Crippen LogP contribution in [0.15, 0.2) is 9.85 Å². The van der Waals surface area contributed by atoms with Crippen LogP contribution in [0.25, 0.3) is 0 Å². The Hall–Kier alpha value is -0.350. The largest absolute Gasteiger partial charge is 0.338 e. The predicted octanol–water partition coefficient (Wildman–Crippen LogP) is 4.47. The highest BCUT2D eigenvalue weighted by atomic mass is 79.9. The third-order valence-electron chi connectivity index (χ3n) is 3.78. The number of carbonyl (C=O) groups excluding carboxylic acids is 1. The minimum Gasteiger partial charge on any atom is -0.338 e. The van der Waals surface area contributed by atoms with Gasteiger partial charge in [-0.05, 0) is 59.7 Å². The first-order chi connectivity index (χ1) is 8.61. The molecule has 1 aromatic rings. The zero-order valence-corrected chi connectivity index (χ0v) is 13.4. The molecule has 1 unspecified atom stereocenters. The average Bonchev–Trinajstić information content (AvgIpc) is 2.58. The summed E-state index contributed by atoms with van der Waals surface area (Å²) in [7, 11) is 0. The fourth-order valence-electron chi connectivity index (χ4n) is 2.50. The van der Waals surface area contributed by atoms with E-state index in [0.717, 1.165) is 46.1 Å². The van der Waals surface area contributed by atoms with Crippen molar-refractivity contribution in [1.82, 2.24) is 4.90 Å². The summed E-state index contributed by atoms with van der Waals surface area (Å²) in [6.45, 7) is 6.13. The number of hydrogen-bond acceptors (Lipinski definition) is 2. The number of halogens is 1. The smallest absolute Gasteiger partial charge is 0.263 e. The lowest BCUT2D eigenvalue weighted by Crippen LogP contribution is -2.31. The summed E-state index contributed by atoms with van der Waals surface area (Å²) in [5, 5.41) is 0. The monoisotopic (exact) mass is 329 g/mol. The molecule has 18 heavy (non-hydrogen) atoms. The summed E-state index contributed by atoms with van der Waals surface area (Å²) in [6.07, 6.45) is 4.82. The van der Waals surface area contributed by atoms with Crippen LogP contribution in [0.4, 0.5) is 0 Å². The molecule has 1 saturated heterocycles. The van der Waals surface area contributed by atoms with Crippen LogP contribution in [0, 0.1) is 12.8 Å². The summed E-state index contributed by atoms with van der Waals surface area (Å²) in [5.74, 6) is 1.02. The highest BCUT2D eigenvalue weighted by molar-refractivity contribution is 9.11. The van der Waals surface area contributed by atoms with Gasteiger partial charge in [0, 0.05) is 13.1 Å². The molecule has 1 aliphatic heterocycles. The van der Waals surface area contributed by atoms with Crippen molar-refractivity contribution in [3.63, 3.8) is 0 Å². The van der Waals surface area contributed by atoms with Crippen LogP contribution >= 0.6 is 27.3 Å². The van der Waals surface area contributed by atoms with Gasteiger partial charge in [-0.2, -0.15) is 0 Å². The maximum absolute atomic E-state index is 12.4. The summed E-state index contributed by atoms with van der Waals surface area (Å²) in [5.41, 5.74) is 1.16. The zero-order chi connectivity index (χ0) is 13.1. The van der Waals surface area contributed by atoms with Gasteiger partial charge in [-0.15, -0.1) is 11.3 Å². The number of carbonyl (C=O) groups is 1. The topological polar surface area (TPSA) is 20.3 Å². The van der Waals surface area contributed by atoms with Crippen LogP contribution in [-0.2, 0) is 0 Å².